The van der Waals surface area contributed by atoms with Gasteiger partial charge in [-0.05, 0) is 18.2 Å². The lowest BCUT2D eigenvalue weighted by Gasteiger charge is -2.02. The van der Waals surface area contributed by atoms with Crippen molar-refractivity contribution in [2.45, 2.75) is 6.54 Å². The SMILES string of the molecule is COc1ccc(-c2csc(CNN)n2)cc1F. The first-order valence-electron chi connectivity index (χ1n) is 4.96. The van der Waals surface area contributed by atoms with Crippen molar-refractivity contribution in [2.24, 2.45) is 5.84 Å². The Morgan fingerprint density at radius 2 is 2.35 bits per heavy atom. The molecule has 0 saturated heterocycles. The molecule has 1 aromatic heterocycles. The highest BCUT2D eigenvalue weighted by molar-refractivity contribution is 7.09. The third-order valence-corrected chi connectivity index (χ3v) is 3.10. The van der Waals surface area contributed by atoms with Crippen LogP contribution >= 0.6 is 11.3 Å². The van der Waals surface area contributed by atoms with Gasteiger partial charge in [0.05, 0.1) is 19.3 Å². The summed E-state index contributed by atoms with van der Waals surface area (Å²) in [6, 6.07) is 4.77. The minimum absolute atomic E-state index is 0.229. The summed E-state index contributed by atoms with van der Waals surface area (Å²) in [5, 5.41) is 2.73. The van der Waals surface area contributed by atoms with Crippen LogP contribution in [0.3, 0.4) is 0 Å². The number of rotatable bonds is 4. The Labute approximate surface area is 102 Å². The fourth-order valence-electron chi connectivity index (χ4n) is 1.44. The molecular formula is C11H12FN3OS. The fraction of sp³-hybridized carbons (Fsp3) is 0.182. The van der Waals surface area contributed by atoms with Gasteiger partial charge in [-0.25, -0.2) is 9.37 Å². The third-order valence-electron chi connectivity index (χ3n) is 2.25. The molecule has 0 aliphatic carbocycles. The van der Waals surface area contributed by atoms with Gasteiger partial charge in [0.25, 0.3) is 0 Å². The molecule has 0 atom stereocenters. The summed E-state index contributed by atoms with van der Waals surface area (Å²) in [5.74, 6) is 5.05. The molecule has 17 heavy (non-hydrogen) atoms. The lowest BCUT2D eigenvalue weighted by Crippen LogP contribution is -2.20. The Balaban J connectivity index is 2.29. The van der Waals surface area contributed by atoms with E-state index in [4.69, 9.17) is 10.6 Å². The van der Waals surface area contributed by atoms with E-state index in [1.807, 2.05) is 5.38 Å². The number of hydrogen-bond donors (Lipinski definition) is 2. The van der Waals surface area contributed by atoms with Gasteiger partial charge in [0.2, 0.25) is 0 Å². The molecule has 0 amide bonds. The molecule has 0 aliphatic rings. The topological polar surface area (TPSA) is 60.2 Å². The second-order valence-electron chi connectivity index (χ2n) is 3.36. The summed E-state index contributed by atoms with van der Waals surface area (Å²) < 4.78 is 18.4. The summed E-state index contributed by atoms with van der Waals surface area (Å²) in [7, 11) is 1.44. The Bertz CT molecular complexity index is 515. The number of ether oxygens (including phenoxy) is 1. The minimum Gasteiger partial charge on any atom is -0.494 e. The lowest BCUT2D eigenvalue weighted by atomic mass is 10.1. The number of thiazole rings is 1. The van der Waals surface area contributed by atoms with Crippen LogP contribution in [0.5, 0.6) is 5.75 Å². The number of aromatic nitrogens is 1. The first-order chi connectivity index (χ1) is 8.24. The molecule has 0 saturated carbocycles. The van der Waals surface area contributed by atoms with E-state index >= 15 is 0 Å². The first-order valence-corrected chi connectivity index (χ1v) is 5.84. The molecule has 0 fully saturated rings. The van der Waals surface area contributed by atoms with Gasteiger partial charge in [-0.1, -0.05) is 0 Å². The van der Waals surface area contributed by atoms with Gasteiger partial charge < -0.3 is 4.74 Å². The summed E-state index contributed by atoms with van der Waals surface area (Å²) >= 11 is 1.48. The van der Waals surface area contributed by atoms with Gasteiger partial charge in [0.1, 0.15) is 5.01 Å². The van der Waals surface area contributed by atoms with E-state index in [9.17, 15) is 4.39 Å². The van der Waals surface area contributed by atoms with Crippen molar-refractivity contribution in [2.75, 3.05) is 7.11 Å². The number of benzene rings is 1. The van der Waals surface area contributed by atoms with Crippen LogP contribution in [0.15, 0.2) is 23.6 Å². The average molecular weight is 253 g/mol. The second-order valence-corrected chi connectivity index (χ2v) is 4.30. The maximum Gasteiger partial charge on any atom is 0.165 e. The average Bonchev–Trinajstić information content (AvgIpc) is 2.78. The minimum atomic E-state index is -0.392. The zero-order valence-electron chi connectivity index (χ0n) is 9.24. The highest BCUT2D eigenvalue weighted by Gasteiger charge is 2.08. The monoisotopic (exact) mass is 253 g/mol. The molecule has 0 spiro atoms. The molecule has 0 bridgehead atoms. The van der Waals surface area contributed by atoms with Gasteiger partial charge in [0, 0.05) is 10.9 Å². The van der Waals surface area contributed by atoms with Gasteiger partial charge in [-0.15, -0.1) is 11.3 Å². The van der Waals surface area contributed by atoms with Crippen LogP contribution in [0, 0.1) is 5.82 Å². The fourth-order valence-corrected chi connectivity index (χ4v) is 2.19. The molecule has 0 aliphatic heterocycles. The molecule has 90 valence electrons. The first kappa shape index (κ1) is 12.0. The van der Waals surface area contributed by atoms with Crippen LogP contribution in [0.2, 0.25) is 0 Å². The maximum absolute atomic E-state index is 13.5. The summed E-state index contributed by atoms with van der Waals surface area (Å²) in [6.45, 7) is 0.503. The van der Waals surface area contributed by atoms with Gasteiger partial charge in [-0.2, -0.15) is 0 Å². The number of nitrogens with zero attached hydrogens (tertiary/aromatic N) is 1. The molecule has 1 heterocycles. The van der Waals surface area contributed by atoms with Crippen LogP contribution in [0.1, 0.15) is 5.01 Å². The number of nitrogens with two attached hydrogens (primary N) is 1. The Hall–Kier alpha value is -1.50. The van der Waals surface area contributed by atoms with E-state index in [-0.39, 0.29) is 5.75 Å². The van der Waals surface area contributed by atoms with Crippen molar-refractivity contribution >= 4 is 11.3 Å². The lowest BCUT2D eigenvalue weighted by molar-refractivity contribution is 0.386. The molecule has 1 aromatic carbocycles. The van der Waals surface area contributed by atoms with Gasteiger partial charge >= 0.3 is 0 Å². The van der Waals surface area contributed by atoms with Crippen molar-refractivity contribution in [3.05, 3.63) is 34.4 Å². The molecule has 0 radical (unpaired) electrons. The third kappa shape index (κ3) is 2.60. The number of nitrogens with one attached hydrogen (secondary N) is 1. The van der Waals surface area contributed by atoms with Crippen molar-refractivity contribution in [1.29, 1.82) is 0 Å². The van der Waals surface area contributed by atoms with Gasteiger partial charge in [-0.3, -0.25) is 11.3 Å². The van der Waals surface area contributed by atoms with Crippen molar-refractivity contribution in [1.82, 2.24) is 10.4 Å². The zero-order valence-corrected chi connectivity index (χ0v) is 10.1. The van der Waals surface area contributed by atoms with Crippen LogP contribution in [-0.4, -0.2) is 12.1 Å². The number of halogens is 1. The quantitative estimate of drug-likeness (QED) is 0.645. The van der Waals surface area contributed by atoms with Crippen LogP contribution in [0.4, 0.5) is 4.39 Å². The Kier molecular flexibility index (Phi) is 3.68. The predicted octanol–water partition coefficient (Wildman–Crippen LogP) is 1.92. The van der Waals surface area contributed by atoms with E-state index in [2.05, 4.69) is 10.4 Å². The highest BCUT2D eigenvalue weighted by atomic mass is 32.1. The van der Waals surface area contributed by atoms with Crippen LogP contribution in [0.25, 0.3) is 11.3 Å². The van der Waals surface area contributed by atoms with E-state index < -0.39 is 5.82 Å². The van der Waals surface area contributed by atoms with E-state index in [0.717, 1.165) is 16.3 Å². The van der Waals surface area contributed by atoms with E-state index in [1.165, 1.54) is 24.5 Å². The number of methoxy groups -OCH3 is 1. The molecule has 2 rings (SSSR count). The van der Waals surface area contributed by atoms with Crippen molar-refractivity contribution < 1.29 is 9.13 Å². The Morgan fingerprint density at radius 3 is 3.00 bits per heavy atom. The molecule has 2 aromatic rings. The molecule has 4 nitrogen and oxygen atoms in total. The largest absolute Gasteiger partial charge is 0.494 e. The Morgan fingerprint density at radius 1 is 1.53 bits per heavy atom. The summed E-state index contributed by atoms with van der Waals surface area (Å²) in [6.07, 6.45) is 0. The maximum atomic E-state index is 13.5. The van der Waals surface area contributed by atoms with Crippen LogP contribution in [-0.2, 0) is 6.54 Å². The smallest absolute Gasteiger partial charge is 0.165 e. The highest BCUT2D eigenvalue weighted by Crippen LogP contribution is 2.26. The predicted molar refractivity (Wildman–Crippen MR) is 65.1 cm³/mol. The standard InChI is InChI=1S/C11H12FN3OS/c1-16-10-3-2-7(4-8(10)12)9-6-17-11(15-9)5-14-13/h2-4,6,14H,5,13H2,1H3. The molecule has 0 unspecified atom stereocenters. The molecule has 6 heteroatoms. The van der Waals surface area contributed by atoms with E-state index in [0.29, 0.717) is 6.54 Å². The second kappa shape index (κ2) is 5.22. The van der Waals surface area contributed by atoms with Crippen molar-refractivity contribution in [3.8, 4) is 17.0 Å². The number of hydrazine groups is 1. The van der Waals surface area contributed by atoms with E-state index in [1.54, 1.807) is 12.1 Å². The normalized spacial score (nSPS) is 10.5. The van der Waals surface area contributed by atoms with Crippen LogP contribution < -0.4 is 16.0 Å². The zero-order chi connectivity index (χ0) is 12.3. The molecule has 3 N–H and O–H groups in total. The number of hydrogen-bond acceptors (Lipinski definition) is 5. The van der Waals surface area contributed by atoms with Crippen molar-refractivity contribution in [3.63, 3.8) is 0 Å². The molecular weight excluding hydrogens is 241 g/mol. The summed E-state index contributed by atoms with van der Waals surface area (Å²) in [4.78, 5) is 4.34. The van der Waals surface area contributed by atoms with Gasteiger partial charge in [0.15, 0.2) is 11.6 Å². The summed E-state index contributed by atoms with van der Waals surface area (Å²) in [5.41, 5.74) is 3.99.